The van der Waals surface area contributed by atoms with E-state index >= 15 is 0 Å². The van der Waals surface area contributed by atoms with E-state index < -0.39 is 17.9 Å². The minimum Gasteiger partial charge on any atom is -0.480 e. The lowest BCUT2D eigenvalue weighted by atomic mass is 10.1. The maximum atomic E-state index is 12.2. The number of ether oxygens (including phenoxy) is 1. The maximum Gasteiger partial charge on any atom is 0.279 e. The van der Waals surface area contributed by atoms with Crippen LogP contribution >= 0.6 is 15.9 Å². The number of carbonyl (C=O) groups is 3. The molecule has 7 nitrogen and oxygen atoms in total. The highest BCUT2D eigenvalue weighted by Gasteiger charge is 2.18. The van der Waals surface area contributed by atoms with Gasteiger partial charge in [-0.1, -0.05) is 22.0 Å². The maximum absolute atomic E-state index is 12.2. The number of nitrogens with one attached hydrogen (secondary N) is 3. The standard InChI is InChI=1S/C23H28BrN3O4/c1-13-6-7-19(12-14(13)2)25-20(28)8-9-21(29)26-27-23(30)17(5)31-22-15(3)10-18(24)11-16(22)4/h6-7,10-12,17H,8-9H2,1-5H3,(H,25,28)(H,26,29)(H,27,30). The second kappa shape index (κ2) is 10.9. The molecule has 31 heavy (non-hydrogen) atoms. The molecule has 2 rings (SSSR count). The number of amides is 3. The predicted molar refractivity (Wildman–Crippen MR) is 124 cm³/mol. The minimum absolute atomic E-state index is 0.00202. The molecule has 1 atom stereocenters. The Hall–Kier alpha value is -2.87. The van der Waals surface area contributed by atoms with Crippen LogP contribution in [0.1, 0.15) is 42.0 Å². The van der Waals surface area contributed by atoms with Crippen molar-refractivity contribution < 1.29 is 19.1 Å². The lowest BCUT2D eigenvalue weighted by Crippen LogP contribution is -2.47. The van der Waals surface area contributed by atoms with Crippen molar-refractivity contribution in [3.05, 3.63) is 57.1 Å². The molecule has 2 aromatic carbocycles. The molecule has 2 aromatic rings. The van der Waals surface area contributed by atoms with Gasteiger partial charge in [-0.3, -0.25) is 25.2 Å². The molecule has 1 unspecified atom stereocenters. The van der Waals surface area contributed by atoms with E-state index in [0.717, 1.165) is 26.7 Å². The molecular formula is C23H28BrN3O4. The van der Waals surface area contributed by atoms with E-state index in [1.807, 2.05) is 58.0 Å². The quantitative estimate of drug-likeness (QED) is 0.511. The van der Waals surface area contributed by atoms with Crippen molar-refractivity contribution in [2.75, 3.05) is 5.32 Å². The number of halogens is 1. The van der Waals surface area contributed by atoms with Gasteiger partial charge in [0.05, 0.1) is 0 Å². The van der Waals surface area contributed by atoms with Crippen molar-refractivity contribution in [1.82, 2.24) is 10.9 Å². The molecule has 166 valence electrons. The first kappa shape index (κ1) is 24.4. The predicted octanol–water partition coefficient (Wildman–Crippen LogP) is 4.02. The zero-order chi connectivity index (χ0) is 23.1. The summed E-state index contributed by atoms with van der Waals surface area (Å²) in [6, 6.07) is 9.42. The average Bonchev–Trinajstić information content (AvgIpc) is 2.69. The van der Waals surface area contributed by atoms with E-state index in [0.29, 0.717) is 11.4 Å². The van der Waals surface area contributed by atoms with E-state index in [9.17, 15) is 14.4 Å². The first-order valence-electron chi connectivity index (χ1n) is 9.96. The van der Waals surface area contributed by atoms with Crippen LogP contribution in [0.4, 0.5) is 5.69 Å². The fraction of sp³-hybridized carbons (Fsp3) is 0.348. The molecule has 0 bridgehead atoms. The number of hydrazine groups is 1. The van der Waals surface area contributed by atoms with E-state index in [1.54, 1.807) is 6.92 Å². The third-order valence-electron chi connectivity index (χ3n) is 4.78. The Morgan fingerprint density at radius 3 is 2.10 bits per heavy atom. The van der Waals surface area contributed by atoms with Gasteiger partial charge >= 0.3 is 0 Å². The molecule has 0 heterocycles. The smallest absolute Gasteiger partial charge is 0.279 e. The summed E-state index contributed by atoms with van der Waals surface area (Å²) in [6.07, 6.45) is -0.873. The van der Waals surface area contributed by atoms with Crippen molar-refractivity contribution in [1.29, 1.82) is 0 Å². The lowest BCUT2D eigenvalue weighted by Gasteiger charge is -2.18. The normalized spacial score (nSPS) is 11.4. The fourth-order valence-corrected chi connectivity index (χ4v) is 3.57. The Bertz CT molecular complexity index is 968. The molecular weight excluding hydrogens is 462 g/mol. The van der Waals surface area contributed by atoms with Crippen LogP contribution in [0.25, 0.3) is 0 Å². The lowest BCUT2D eigenvalue weighted by molar-refractivity contribution is -0.133. The Balaban J connectivity index is 1.76. The van der Waals surface area contributed by atoms with Crippen molar-refractivity contribution in [2.45, 2.75) is 53.6 Å². The Labute approximate surface area is 191 Å². The van der Waals surface area contributed by atoms with E-state index in [-0.39, 0.29) is 18.7 Å². The number of anilines is 1. The Morgan fingerprint density at radius 1 is 0.871 bits per heavy atom. The highest BCUT2D eigenvalue weighted by Crippen LogP contribution is 2.28. The number of benzene rings is 2. The van der Waals surface area contributed by atoms with Gasteiger partial charge in [-0.15, -0.1) is 0 Å². The van der Waals surface area contributed by atoms with Crippen LogP contribution in [-0.4, -0.2) is 23.8 Å². The van der Waals surface area contributed by atoms with Crippen LogP contribution in [0, 0.1) is 27.7 Å². The molecule has 3 amide bonds. The average molecular weight is 490 g/mol. The molecule has 0 spiro atoms. The van der Waals surface area contributed by atoms with Gasteiger partial charge in [-0.2, -0.15) is 0 Å². The van der Waals surface area contributed by atoms with E-state index in [1.165, 1.54) is 0 Å². The summed E-state index contributed by atoms with van der Waals surface area (Å²) in [4.78, 5) is 36.3. The largest absolute Gasteiger partial charge is 0.480 e. The summed E-state index contributed by atoms with van der Waals surface area (Å²) < 4.78 is 6.69. The molecule has 0 aliphatic rings. The third-order valence-corrected chi connectivity index (χ3v) is 5.24. The van der Waals surface area contributed by atoms with Gasteiger partial charge in [0, 0.05) is 23.0 Å². The zero-order valence-corrected chi connectivity index (χ0v) is 20.0. The van der Waals surface area contributed by atoms with Crippen LogP contribution < -0.4 is 20.9 Å². The summed E-state index contributed by atoms with van der Waals surface area (Å²) >= 11 is 3.42. The number of hydrogen-bond acceptors (Lipinski definition) is 4. The second-order valence-corrected chi connectivity index (χ2v) is 8.43. The van der Waals surface area contributed by atoms with Crippen LogP contribution in [0.15, 0.2) is 34.8 Å². The number of carbonyl (C=O) groups excluding carboxylic acids is 3. The second-order valence-electron chi connectivity index (χ2n) is 7.51. The summed E-state index contributed by atoms with van der Waals surface area (Å²) in [5.74, 6) is -0.607. The molecule has 0 aliphatic carbocycles. The van der Waals surface area contributed by atoms with E-state index in [4.69, 9.17) is 4.74 Å². The van der Waals surface area contributed by atoms with Crippen LogP contribution in [0.2, 0.25) is 0 Å². The van der Waals surface area contributed by atoms with Gasteiger partial charge in [0.15, 0.2) is 6.10 Å². The zero-order valence-electron chi connectivity index (χ0n) is 18.4. The topological polar surface area (TPSA) is 96.5 Å². The van der Waals surface area contributed by atoms with Crippen molar-refractivity contribution in [2.24, 2.45) is 0 Å². The monoisotopic (exact) mass is 489 g/mol. The minimum atomic E-state index is -0.813. The third kappa shape index (κ3) is 7.40. The molecule has 3 N–H and O–H groups in total. The number of aryl methyl sites for hydroxylation is 4. The van der Waals surface area contributed by atoms with Gasteiger partial charge in [-0.05, 0) is 81.1 Å². The van der Waals surface area contributed by atoms with Crippen LogP contribution in [-0.2, 0) is 14.4 Å². The molecule has 0 aromatic heterocycles. The van der Waals surface area contributed by atoms with Crippen molar-refractivity contribution in [3.8, 4) is 5.75 Å². The summed E-state index contributed by atoms with van der Waals surface area (Å²) in [5, 5.41) is 2.76. The molecule has 0 saturated heterocycles. The molecule has 0 aliphatic heterocycles. The molecule has 0 fully saturated rings. The summed E-state index contributed by atoms with van der Waals surface area (Å²) in [7, 11) is 0. The molecule has 8 heteroatoms. The summed E-state index contributed by atoms with van der Waals surface area (Å²) in [5.41, 5.74) is 9.34. The molecule has 0 radical (unpaired) electrons. The Morgan fingerprint density at radius 2 is 1.48 bits per heavy atom. The SMILES string of the molecule is Cc1ccc(NC(=O)CCC(=O)NNC(=O)C(C)Oc2c(C)cc(Br)cc2C)cc1C. The van der Waals surface area contributed by atoms with Gasteiger partial charge in [0.2, 0.25) is 11.8 Å². The van der Waals surface area contributed by atoms with Gasteiger partial charge in [-0.25, -0.2) is 0 Å². The van der Waals surface area contributed by atoms with Gasteiger partial charge in [0.1, 0.15) is 5.75 Å². The first-order chi connectivity index (χ1) is 14.6. The van der Waals surface area contributed by atoms with Crippen molar-refractivity contribution >= 4 is 39.3 Å². The fourth-order valence-electron chi connectivity index (χ4n) is 2.88. The number of rotatable bonds is 7. The molecule has 0 saturated carbocycles. The van der Waals surface area contributed by atoms with Crippen LogP contribution in [0.3, 0.4) is 0 Å². The van der Waals surface area contributed by atoms with Crippen molar-refractivity contribution in [3.63, 3.8) is 0 Å². The Kier molecular flexibility index (Phi) is 8.62. The number of hydrogen-bond donors (Lipinski definition) is 3. The van der Waals surface area contributed by atoms with Crippen LogP contribution in [0.5, 0.6) is 5.75 Å². The summed E-state index contributed by atoms with van der Waals surface area (Å²) in [6.45, 7) is 9.34. The highest BCUT2D eigenvalue weighted by molar-refractivity contribution is 9.10. The van der Waals surface area contributed by atoms with Gasteiger partial charge < -0.3 is 10.1 Å². The van der Waals surface area contributed by atoms with E-state index in [2.05, 4.69) is 32.1 Å². The highest BCUT2D eigenvalue weighted by atomic mass is 79.9. The first-order valence-corrected chi connectivity index (χ1v) is 10.8. The van der Waals surface area contributed by atoms with Gasteiger partial charge in [0.25, 0.3) is 5.91 Å².